The molecular weight excluding hydrogens is 691 g/mol. The smallest absolute Gasteiger partial charge is 0.228 e. The van der Waals surface area contributed by atoms with Crippen molar-refractivity contribution in [2.75, 3.05) is 16.0 Å². The van der Waals surface area contributed by atoms with Gasteiger partial charge in [0.2, 0.25) is 11.8 Å². The van der Waals surface area contributed by atoms with Gasteiger partial charge in [0.15, 0.2) is 5.75 Å². The van der Waals surface area contributed by atoms with Gasteiger partial charge in [-0.05, 0) is 79.3 Å². The summed E-state index contributed by atoms with van der Waals surface area (Å²) in [6, 6.07) is 23.1. The van der Waals surface area contributed by atoms with E-state index in [-0.39, 0.29) is 35.8 Å². The number of aromatic nitrogens is 6. The second kappa shape index (κ2) is 12.3. The van der Waals surface area contributed by atoms with Crippen molar-refractivity contribution in [3.63, 3.8) is 0 Å². The molecule has 0 saturated heterocycles. The maximum Gasteiger partial charge on any atom is 0.228 e. The Morgan fingerprint density at radius 2 is 1.51 bits per heavy atom. The first-order valence-electron chi connectivity index (χ1n) is 18.9. The number of fused-ring (bicyclic) bond motifs is 4. The average Bonchev–Trinajstić information content (AvgIpc) is 3.66. The van der Waals surface area contributed by atoms with Gasteiger partial charge < -0.3 is 20.7 Å². The Morgan fingerprint density at radius 3 is 2.33 bits per heavy atom. The minimum absolute atomic E-state index is 0.00312. The van der Waals surface area contributed by atoms with Gasteiger partial charge in [0, 0.05) is 73.2 Å². The zero-order valence-corrected chi connectivity index (χ0v) is 31.3. The van der Waals surface area contributed by atoms with Crippen molar-refractivity contribution in [2.24, 2.45) is 21.1 Å². The summed E-state index contributed by atoms with van der Waals surface area (Å²) in [6.07, 6.45) is 5.22. The van der Waals surface area contributed by atoms with Crippen LogP contribution in [-0.4, -0.2) is 53.3 Å². The summed E-state index contributed by atoms with van der Waals surface area (Å²) in [5.41, 5.74) is 12.7. The van der Waals surface area contributed by atoms with Crippen LogP contribution in [0.3, 0.4) is 0 Å². The van der Waals surface area contributed by atoms with Crippen molar-refractivity contribution in [1.82, 2.24) is 29.3 Å². The van der Waals surface area contributed by atoms with Gasteiger partial charge in [-0.25, -0.2) is 0 Å². The Labute approximate surface area is 317 Å². The maximum absolute atomic E-state index is 12.9. The monoisotopic (exact) mass is 731 g/mol. The van der Waals surface area contributed by atoms with Crippen LogP contribution in [0.1, 0.15) is 56.2 Å². The fourth-order valence-corrected chi connectivity index (χ4v) is 8.72. The lowest BCUT2D eigenvalue weighted by Gasteiger charge is -2.21. The molecular formula is C43H41N9O3. The van der Waals surface area contributed by atoms with E-state index in [0.717, 1.165) is 78.8 Å². The number of carbonyl (C=O) groups is 2. The van der Waals surface area contributed by atoms with Gasteiger partial charge in [0.1, 0.15) is 11.8 Å². The quantitative estimate of drug-likeness (QED) is 0.165. The SMILES string of the molecule is C[C@@H]1CC(=O)Nc2ccc(C3CC3c3nn(C)c4ccc(-c5cccc6c5O[C@H](C)CC(=O)N6)cc34)c(-c3ccc4c(c3)c(-c3cnn(C)c3)nn4C)c2N1. The molecule has 3 aromatic heterocycles. The van der Waals surface area contributed by atoms with Crippen LogP contribution in [0.4, 0.5) is 17.1 Å². The lowest BCUT2D eigenvalue weighted by molar-refractivity contribution is -0.117. The molecule has 55 heavy (non-hydrogen) atoms. The minimum Gasteiger partial charge on any atom is -0.487 e. The third kappa shape index (κ3) is 5.54. The van der Waals surface area contributed by atoms with Gasteiger partial charge in [-0.1, -0.05) is 30.3 Å². The Balaban J connectivity index is 1.09. The second-order valence-electron chi connectivity index (χ2n) is 15.4. The standard InChI is InChI=1S/C43H41N9O3/c1-22-15-37(53)46-33-12-11-28(39(42(33)45-22)25-10-14-35-31(18-25)40(48-51(35)4)26-20-44-50(3)21-26)29-19-30(29)41-32-17-24(9-13-36(32)52(5)49-41)27-7-6-8-34-43(27)55-23(2)16-38(54)47-34/h6-14,17-18,20-23,29-30,45H,15-16,19H2,1-5H3,(H,46,53)(H,47,54)/t22-,23-,29?,30?/m1/s1. The van der Waals surface area contributed by atoms with Crippen LogP contribution in [0.2, 0.25) is 0 Å². The fourth-order valence-electron chi connectivity index (χ4n) is 8.72. The van der Waals surface area contributed by atoms with E-state index in [2.05, 4.69) is 70.4 Å². The van der Waals surface area contributed by atoms with Crippen molar-refractivity contribution < 1.29 is 14.3 Å². The number of amides is 2. The van der Waals surface area contributed by atoms with Gasteiger partial charge in [-0.15, -0.1) is 0 Å². The highest BCUT2D eigenvalue weighted by molar-refractivity contribution is 6.04. The zero-order chi connectivity index (χ0) is 37.7. The highest BCUT2D eigenvalue weighted by Gasteiger charge is 2.44. The summed E-state index contributed by atoms with van der Waals surface area (Å²) in [5.74, 6) is 1.02. The molecule has 10 rings (SSSR count). The zero-order valence-electron chi connectivity index (χ0n) is 31.3. The van der Waals surface area contributed by atoms with E-state index in [0.29, 0.717) is 24.3 Å². The molecule has 0 radical (unpaired) electrons. The van der Waals surface area contributed by atoms with Gasteiger partial charge in [0.25, 0.3) is 0 Å². The van der Waals surface area contributed by atoms with Gasteiger partial charge in [-0.2, -0.15) is 15.3 Å². The Morgan fingerprint density at radius 1 is 0.764 bits per heavy atom. The molecule has 1 saturated carbocycles. The molecule has 7 aromatic rings. The van der Waals surface area contributed by atoms with Crippen molar-refractivity contribution in [2.45, 2.75) is 57.1 Å². The van der Waals surface area contributed by atoms with E-state index >= 15 is 0 Å². The Bertz CT molecular complexity index is 2740. The molecule has 12 heteroatoms. The molecule has 5 heterocycles. The highest BCUT2D eigenvalue weighted by atomic mass is 16.5. The number of aryl methyl sites for hydroxylation is 3. The number of hydrogen-bond acceptors (Lipinski definition) is 7. The first-order chi connectivity index (χ1) is 26.6. The molecule has 276 valence electrons. The van der Waals surface area contributed by atoms with E-state index in [1.165, 1.54) is 5.56 Å². The first kappa shape index (κ1) is 33.2. The summed E-state index contributed by atoms with van der Waals surface area (Å²) in [5, 5.41) is 26.5. The number of para-hydroxylation sites is 1. The molecule has 0 bridgehead atoms. The summed E-state index contributed by atoms with van der Waals surface area (Å²) in [4.78, 5) is 25.4. The van der Waals surface area contributed by atoms with Gasteiger partial charge >= 0.3 is 0 Å². The molecule has 0 spiro atoms. The number of carbonyl (C=O) groups excluding carboxylic acids is 2. The summed E-state index contributed by atoms with van der Waals surface area (Å²) in [7, 11) is 5.88. The van der Waals surface area contributed by atoms with Crippen molar-refractivity contribution in [3.05, 3.63) is 90.4 Å². The average molecular weight is 732 g/mol. The second-order valence-corrected chi connectivity index (χ2v) is 15.4. The van der Waals surface area contributed by atoms with Crippen LogP contribution < -0.4 is 20.7 Å². The Hall–Kier alpha value is -6.43. The summed E-state index contributed by atoms with van der Waals surface area (Å²) < 4.78 is 12.0. The van der Waals surface area contributed by atoms with Crippen LogP contribution in [-0.2, 0) is 30.7 Å². The molecule has 4 atom stereocenters. The molecule has 1 aliphatic carbocycles. The molecule has 3 N–H and O–H groups in total. The van der Waals surface area contributed by atoms with Gasteiger partial charge in [-0.3, -0.25) is 23.6 Å². The maximum atomic E-state index is 12.9. The number of benzene rings is 4. The van der Waals surface area contributed by atoms with Crippen molar-refractivity contribution in [1.29, 1.82) is 0 Å². The molecule has 1 fully saturated rings. The fraction of sp³-hybridized carbons (Fsp3) is 0.279. The summed E-state index contributed by atoms with van der Waals surface area (Å²) >= 11 is 0. The molecule has 2 aliphatic heterocycles. The lowest BCUT2D eigenvalue weighted by Crippen LogP contribution is -2.19. The number of rotatable bonds is 5. The number of nitrogens with zero attached hydrogens (tertiary/aromatic N) is 6. The summed E-state index contributed by atoms with van der Waals surface area (Å²) in [6.45, 7) is 3.98. The largest absolute Gasteiger partial charge is 0.487 e. The van der Waals surface area contributed by atoms with Crippen LogP contribution in [0.15, 0.2) is 79.1 Å². The Kier molecular flexibility index (Phi) is 7.42. The molecule has 4 aromatic carbocycles. The minimum atomic E-state index is -0.242. The van der Waals surface area contributed by atoms with E-state index in [1.54, 1.807) is 4.68 Å². The van der Waals surface area contributed by atoms with Crippen LogP contribution in [0, 0.1) is 0 Å². The van der Waals surface area contributed by atoms with Crippen LogP contribution >= 0.6 is 0 Å². The third-order valence-electron chi connectivity index (χ3n) is 11.3. The number of nitrogens with one attached hydrogen (secondary N) is 3. The molecule has 2 unspecified atom stereocenters. The topological polar surface area (TPSA) is 133 Å². The van der Waals surface area contributed by atoms with Gasteiger partial charge in [0.05, 0.1) is 46.4 Å². The predicted octanol–water partition coefficient (Wildman–Crippen LogP) is 7.72. The predicted molar refractivity (Wildman–Crippen MR) is 214 cm³/mol. The van der Waals surface area contributed by atoms with Crippen molar-refractivity contribution >= 4 is 50.7 Å². The lowest BCUT2D eigenvalue weighted by atomic mass is 9.91. The first-order valence-corrected chi connectivity index (χ1v) is 18.9. The van der Waals surface area contributed by atoms with E-state index < -0.39 is 0 Å². The number of hydrogen-bond donors (Lipinski definition) is 3. The van der Waals surface area contributed by atoms with E-state index in [1.807, 2.05) is 74.1 Å². The van der Waals surface area contributed by atoms with Crippen LogP contribution in [0.25, 0.3) is 55.3 Å². The van der Waals surface area contributed by atoms with E-state index in [9.17, 15) is 9.59 Å². The normalized spacial score (nSPS) is 20.5. The number of ether oxygens (including phenoxy) is 1. The third-order valence-corrected chi connectivity index (χ3v) is 11.3. The molecule has 2 amide bonds. The molecule has 12 nitrogen and oxygen atoms in total. The number of anilines is 3. The highest BCUT2D eigenvalue weighted by Crippen LogP contribution is 2.59. The van der Waals surface area contributed by atoms with E-state index in [4.69, 9.17) is 14.9 Å². The molecule has 3 aliphatic rings. The van der Waals surface area contributed by atoms with Crippen molar-refractivity contribution in [3.8, 4) is 39.3 Å². The van der Waals surface area contributed by atoms with Crippen LogP contribution in [0.5, 0.6) is 5.75 Å².